The zero-order chi connectivity index (χ0) is 13.7. The van der Waals surface area contributed by atoms with Gasteiger partial charge in [0.2, 0.25) is 5.91 Å². The molecule has 0 radical (unpaired) electrons. The van der Waals surface area contributed by atoms with Crippen LogP contribution in [-0.2, 0) is 11.4 Å². The Balaban J connectivity index is 1.78. The molecule has 2 aliphatic heterocycles. The zero-order valence-electron chi connectivity index (χ0n) is 11.0. The predicted molar refractivity (Wildman–Crippen MR) is 75.9 cm³/mol. The second-order valence-corrected chi connectivity index (χ2v) is 6.22. The van der Waals surface area contributed by atoms with Gasteiger partial charge in [0.15, 0.2) is 10.8 Å². The van der Waals surface area contributed by atoms with Gasteiger partial charge in [-0.25, -0.2) is 4.98 Å². The fourth-order valence-electron chi connectivity index (χ4n) is 3.41. The van der Waals surface area contributed by atoms with E-state index in [1.165, 1.54) is 0 Å². The first-order valence-corrected chi connectivity index (χ1v) is 7.77. The molecule has 20 heavy (non-hydrogen) atoms. The topological polar surface area (TPSA) is 69.9 Å². The van der Waals surface area contributed by atoms with E-state index in [-0.39, 0.29) is 24.5 Å². The van der Waals surface area contributed by atoms with Crippen molar-refractivity contribution in [2.45, 2.75) is 25.5 Å². The van der Waals surface area contributed by atoms with Crippen LogP contribution in [0.25, 0.3) is 4.96 Å². The average Bonchev–Trinajstić information content (AvgIpc) is 3.12. The molecule has 2 fully saturated rings. The van der Waals surface area contributed by atoms with Crippen molar-refractivity contribution >= 4 is 28.0 Å². The SMILES string of the molecule is O=C1NCC2C1CCCN2c1nc2sccn2c1CO. The van der Waals surface area contributed by atoms with Crippen LogP contribution in [0.5, 0.6) is 0 Å². The van der Waals surface area contributed by atoms with Gasteiger partial charge in [0.1, 0.15) is 0 Å². The standard InChI is InChI=1S/C13H16N4O2S/c18-7-10-11(15-13-17(10)4-5-20-13)16-3-1-2-8-9(16)6-14-12(8)19/h4-5,8-9,18H,1-3,6-7H2,(H,14,19). The average molecular weight is 292 g/mol. The number of hydrogen-bond donors (Lipinski definition) is 2. The summed E-state index contributed by atoms with van der Waals surface area (Å²) in [5, 5.41) is 14.6. The molecule has 2 saturated heterocycles. The van der Waals surface area contributed by atoms with Crippen molar-refractivity contribution in [2.24, 2.45) is 5.92 Å². The lowest BCUT2D eigenvalue weighted by molar-refractivity contribution is -0.122. The third kappa shape index (κ3) is 1.59. The molecule has 2 atom stereocenters. The highest BCUT2D eigenvalue weighted by molar-refractivity contribution is 7.15. The maximum Gasteiger partial charge on any atom is 0.225 e. The zero-order valence-corrected chi connectivity index (χ0v) is 11.8. The highest BCUT2D eigenvalue weighted by Gasteiger charge is 2.42. The Morgan fingerprint density at radius 3 is 3.30 bits per heavy atom. The molecule has 2 aliphatic rings. The van der Waals surface area contributed by atoms with Crippen LogP contribution >= 0.6 is 11.3 Å². The van der Waals surface area contributed by atoms with Crippen LogP contribution in [-0.4, -0.2) is 39.5 Å². The molecule has 0 aromatic carbocycles. The summed E-state index contributed by atoms with van der Waals surface area (Å²) in [5.41, 5.74) is 0.821. The number of piperidine rings is 1. The predicted octanol–water partition coefficient (Wildman–Crippen LogP) is 0.603. The molecule has 6 nitrogen and oxygen atoms in total. The largest absolute Gasteiger partial charge is 0.390 e. The number of amides is 1. The summed E-state index contributed by atoms with van der Waals surface area (Å²) in [6, 6.07) is 0.172. The second kappa shape index (κ2) is 4.46. The van der Waals surface area contributed by atoms with Crippen LogP contribution in [0.15, 0.2) is 11.6 Å². The molecule has 106 valence electrons. The third-order valence-electron chi connectivity index (χ3n) is 4.36. The number of aromatic nitrogens is 2. The molecule has 2 aromatic heterocycles. The van der Waals surface area contributed by atoms with Gasteiger partial charge in [-0.3, -0.25) is 9.20 Å². The fraction of sp³-hybridized carbons (Fsp3) is 0.538. The van der Waals surface area contributed by atoms with Crippen molar-refractivity contribution in [1.29, 1.82) is 0 Å². The summed E-state index contributed by atoms with van der Waals surface area (Å²) >= 11 is 1.56. The number of rotatable bonds is 2. The Kier molecular flexibility index (Phi) is 2.71. The first-order chi connectivity index (χ1) is 9.79. The van der Waals surface area contributed by atoms with Crippen molar-refractivity contribution in [1.82, 2.24) is 14.7 Å². The van der Waals surface area contributed by atoms with E-state index in [1.54, 1.807) is 11.3 Å². The van der Waals surface area contributed by atoms with Crippen LogP contribution in [0.4, 0.5) is 5.82 Å². The first kappa shape index (κ1) is 12.2. The normalized spacial score (nSPS) is 26.1. The van der Waals surface area contributed by atoms with Crippen LogP contribution in [0.1, 0.15) is 18.5 Å². The van der Waals surface area contributed by atoms with Gasteiger partial charge in [-0.2, -0.15) is 0 Å². The molecule has 4 heterocycles. The summed E-state index contributed by atoms with van der Waals surface area (Å²) in [5.74, 6) is 1.06. The molecule has 0 spiro atoms. The minimum absolute atomic E-state index is 0.0392. The van der Waals surface area contributed by atoms with Crippen molar-refractivity contribution in [3.63, 3.8) is 0 Å². The number of thiazole rings is 1. The van der Waals surface area contributed by atoms with Gasteiger partial charge in [0, 0.05) is 24.7 Å². The van der Waals surface area contributed by atoms with E-state index in [9.17, 15) is 9.90 Å². The summed E-state index contributed by atoms with van der Waals surface area (Å²) in [7, 11) is 0. The van der Waals surface area contributed by atoms with Gasteiger partial charge in [-0.15, -0.1) is 11.3 Å². The number of nitrogens with zero attached hydrogens (tertiary/aromatic N) is 3. The fourth-order valence-corrected chi connectivity index (χ4v) is 4.14. The number of fused-ring (bicyclic) bond motifs is 2. The Morgan fingerprint density at radius 1 is 1.55 bits per heavy atom. The molecule has 4 rings (SSSR count). The molecular weight excluding hydrogens is 276 g/mol. The number of hydrogen-bond acceptors (Lipinski definition) is 5. The third-order valence-corrected chi connectivity index (χ3v) is 5.12. The van der Waals surface area contributed by atoms with Crippen molar-refractivity contribution in [3.8, 4) is 0 Å². The van der Waals surface area contributed by atoms with Crippen molar-refractivity contribution in [3.05, 3.63) is 17.3 Å². The molecule has 7 heteroatoms. The molecule has 2 aromatic rings. The first-order valence-electron chi connectivity index (χ1n) is 6.89. The van der Waals surface area contributed by atoms with E-state index in [0.29, 0.717) is 6.54 Å². The minimum Gasteiger partial charge on any atom is -0.390 e. The minimum atomic E-state index is -0.0392. The van der Waals surface area contributed by atoms with E-state index >= 15 is 0 Å². The van der Waals surface area contributed by atoms with Gasteiger partial charge >= 0.3 is 0 Å². The summed E-state index contributed by atoms with van der Waals surface area (Å²) < 4.78 is 1.94. The van der Waals surface area contributed by atoms with E-state index in [1.807, 2.05) is 16.0 Å². The Morgan fingerprint density at radius 2 is 2.45 bits per heavy atom. The number of aliphatic hydroxyl groups excluding tert-OH is 1. The summed E-state index contributed by atoms with van der Waals surface area (Å²) in [6.45, 7) is 1.54. The Bertz CT molecular complexity index is 664. The van der Waals surface area contributed by atoms with E-state index in [0.717, 1.165) is 35.9 Å². The molecular formula is C13H16N4O2S. The van der Waals surface area contributed by atoms with E-state index < -0.39 is 0 Å². The van der Waals surface area contributed by atoms with Crippen LogP contribution in [0.3, 0.4) is 0 Å². The van der Waals surface area contributed by atoms with Crippen LogP contribution < -0.4 is 10.2 Å². The molecule has 0 saturated carbocycles. The maximum atomic E-state index is 11.9. The highest BCUT2D eigenvalue weighted by atomic mass is 32.1. The summed E-state index contributed by atoms with van der Waals surface area (Å²) in [4.78, 5) is 19.6. The maximum absolute atomic E-state index is 11.9. The molecule has 2 N–H and O–H groups in total. The van der Waals surface area contributed by atoms with Gasteiger partial charge in [0.05, 0.1) is 24.3 Å². The van der Waals surface area contributed by atoms with Crippen molar-refractivity contribution in [2.75, 3.05) is 18.0 Å². The molecule has 2 unspecified atom stereocenters. The molecule has 1 amide bonds. The monoisotopic (exact) mass is 292 g/mol. The van der Waals surface area contributed by atoms with Gasteiger partial charge in [0.25, 0.3) is 0 Å². The van der Waals surface area contributed by atoms with Gasteiger partial charge in [-0.05, 0) is 12.8 Å². The Hall–Kier alpha value is -1.60. The number of anilines is 1. The quantitative estimate of drug-likeness (QED) is 0.850. The van der Waals surface area contributed by atoms with Crippen molar-refractivity contribution < 1.29 is 9.90 Å². The lowest BCUT2D eigenvalue weighted by Crippen LogP contribution is -2.46. The number of nitrogens with one attached hydrogen (secondary N) is 1. The van der Waals surface area contributed by atoms with E-state index in [2.05, 4.69) is 15.2 Å². The second-order valence-electron chi connectivity index (χ2n) is 5.35. The Labute approximate surface area is 120 Å². The highest BCUT2D eigenvalue weighted by Crippen LogP contribution is 2.34. The lowest BCUT2D eigenvalue weighted by Gasteiger charge is -2.36. The van der Waals surface area contributed by atoms with Gasteiger partial charge < -0.3 is 15.3 Å². The molecule has 0 bridgehead atoms. The van der Waals surface area contributed by atoms with Gasteiger partial charge in [-0.1, -0.05) is 0 Å². The number of aliphatic hydroxyl groups is 1. The van der Waals surface area contributed by atoms with Crippen LogP contribution in [0.2, 0.25) is 0 Å². The number of imidazole rings is 1. The molecule has 0 aliphatic carbocycles. The number of carbonyl (C=O) groups is 1. The van der Waals surface area contributed by atoms with Crippen LogP contribution in [0, 0.1) is 5.92 Å². The number of carbonyl (C=O) groups excluding carboxylic acids is 1. The summed E-state index contributed by atoms with van der Waals surface area (Å²) in [6.07, 6.45) is 3.87. The lowest BCUT2D eigenvalue weighted by atomic mass is 9.91. The van der Waals surface area contributed by atoms with E-state index in [4.69, 9.17) is 0 Å². The smallest absolute Gasteiger partial charge is 0.225 e.